The van der Waals surface area contributed by atoms with Crippen LogP contribution in [0.1, 0.15) is 18.7 Å². The maximum atomic E-state index is 12.2. The Morgan fingerprint density at radius 3 is 3.05 bits per heavy atom. The number of urea groups is 1. The van der Waals surface area contributed by atoms with Crippen molar-refractivity contribution in [1.82, 2.24) is 24.6 Å². The van der Waals surface area contributed by atoms with E-state index in [1.54, 1.807) is 11.7 Å². The van der Waals surface area contributed by atoms with Gasteiger partial charge in [-0.25, -0.2) is 9.78 Å². The minimum atomic E-state index is -0.137. The van der Waals surface area contributed by atoms with E-state index in [9.17, 15) is 4.79 Å². The predicted molar refractivity (Wildman–Crippen MR) is 70.7 cm³/mol. The van der Waals surface area contributed by atoms with Gasteiger partial charge in [-0.15, -0.1) is 10.2 Å². The average Bonchev–Trinajstić information content (AvgIpc) is 2.95. The summed E-state index contributed by atoms with van der Waals surface area (Å²) in [5.74, 6) is 0.874. The van der Waals surface area contributed by atoms with Crippen LogP contribution in [-0.2, 0) is 13.6 Å². The van der Waals surface area contributed by atoms with Crippen molar-refractivity contribution >= 4 is 22.5 Å². The lowest BCUT2D eigenvalue weighted by atomic mass is 10.4. The summed E-state index contributed by atoms with van der Waals surface area (Å²) in [6.45, 7) is 0.513. The molecule has 3 rings (SSSR count). The molecule has 7 nitrogen and oxygen atoms in total. The fraction of sp³-hybridized carbons (Fsp3) is 0.455. The first-order chi connectivity index (χ1) is 9.24. The maximum absolute atomic E-state index is 12.2. The highest BCUT2D eigenvalue weighted by molar-refractivity contribution is 7.13. The van der Waals surface area contributed by atoms with Gasteiger partial charge in [0.15, 0.2) is 0 Å². The summed E-state index contributed by atoms with van der Waals surface area (Å²) in [5.41, 5.74) is 1.59. The van der Waals surface area contributed by atoms with Gasteiger partial charge in [-0.3, -0.25) is 5.32 Å². The number of carbonyl (C=O) groups excluding carboxylic acids is 1. The molecule has 0 radical (unpaired) electrons. The van der Waals surface area contributed by atoms with Gasteiger partial charge in [0.2, 0.25) is 5.13 Å². The van der Waals surface area contributed by atoms with Gasteiger partial charge in [-0.1, -0.05) is 11.3 Å². The van der Waals surface area contributed by atoms with Crippen LogP contribution >= 0.6 is 11.3 Å². The van der Waals surface area contributed by atoms with Crippen LogP contribution in [0.3, 0.4) is 0 Å². The quantitative estimate of drug-likeness (QED) is 0.918. The zero-order valence-corrected chi connectivity index (χ0v) is 11.3. The Labute approximate surface area is 114 Å². The lowest BCUT2D eigenvalue weighted by Gasteiger charge is -2.21. The Kier molecular flexibility index (Phi) is 3.16. The van der Waals surface area contributed by atoms with Crippen LogP contribution < -0.4 is 5.32 Å². The fourth-order valence-corrected chi connectivity index (χ4v) is 2.28. The molecule has 0 aromatic carbocycles. The standard InChI is InChI=1S/C11H14N6OS/c1-16-5-4-12-9(16)6-17(8-2-3-8)11(18)14-10-15-13-7-19-10/h4-5,7-8H,2-3,6H2,1H3,(H,14,15,18). The molecule has 2 heterocycles. The lowest BCUT2D eigenvalue weighted by molar-refractivity contribution is 0.204. The summed E-state index contributed by atoms with van der Waals surface area (Å²) in [7, 11) is 1.93. The second-order valence-corrected chi connectivity index (χ2v) is 5.32. The molecule has 100 valence electrons. The van der Waals surface area contributed by atoms with E-state index in [-0.39, 0.29) is 6.03 Å². The molecular formula is C11H14N6OS. The molecule has 0 saturated heterocycles. The van der Waals surface area contributed by atoms with Crippen molar-refractivity contribution < 1.29 is 4.79 Å². The highest BCUT2D eigenvalue weighted by atomic mass is 32.1. The summed E-state index contributed by atoms with van der Waals surface area (Å²) in [6.07, 6.45) is 5.72. The highest BCUT2D eigenvalue weighted by Crippen LogP contribution is 2.28. The first-order valence-corrected chi connectivity index (χ1v) is 6.92. The molecule has 2 aromatic rings. The van der Waals surface area contributed by atoms with Crippen molar-refractivity contribution in [3.8, 4) is 0 Å². The Balaban J connectivity index is 1.70. The van der Waals surface area contributed by atoms with E-state index < -0.39 is 0 Å². The van der Waals surface area contributed by atoms with Crippen molar-refractivity contribution in [3.63, 3.8) is 0 Å². The average molecular weight is 278 g/mol. The molecule has 1 aliphatic carbocycles. The number of carbonyl (C=O) groups is 1. The SMILES string of the molecule is Cn1ccnc1CN(C(=O)Nc1nncs1)C1CC1. The number of hydrogen-bond acceptors (Lipinski definition) is 5. The number of anilines is 1. The second-order valence-electron chi connectivity index (χ2n) is 4.49. The summed E-state index contributed by atoms with van der Waals surface area (Å²) in [5, 5.41) is 10.8. The van der Waals surface area contributed by atoms with Crippen molar-refractivity contribution in [2.75, 3.05) is 5.32 Å². The molecule has 1 fully saturated rings. The van der Waals surface area contributed by atoms with E-state index in [0.29, 0.717) is 17.7 Å². The zero-order valence-electron chi connectivity index (χ0n) is 10.5. The van der Waals surface area contributed by atoms with Crippen LogP contribution in [0.2, 0.25) is 0 Å². The number of hydrogen-bond donors (Lipinski definition) is 1. The van der Waals surface area contributed by atoms with Crippen molar-refractivity contribution in [1.29, 1.82) is 0 Å². The van der Waals surface area contributed by atoms with E-state index in [1.165, 1.54) is 11.3 Å². The van der Waals surface area contributed by atoms with E-state index in [2.05, 4.69) is 20.5 Å². The summed E-state index contributed by atoms with van der Waals surface area (Å²) < 4.78 is 1.92. The van der Waals surface area contributed by atoms with Gasteiger partial charge in [-0.05, 0) is 12.8 Å². The number of amides is 2. The Hall–Kier alpha value is -1.96. The molecule has 8 heteroatoms. The monoisotopic (exact) mass is 278 g/mol. The molecule has 0 unspecified atom stereocenters. The fourth-order valence-electron chi connectivity index (χ4n) is 1.84. The minimum Gasteiger partial charge on any atom is -0.337 e. The largest absolute Gasteiger partial charge is 0.337 e. The van der Waals surface area contributed by atoms with E-state index >= 15 is 0 Å². The molecule has 0 aliphatic heterocycles. The summed E-state index contributed by atoms with van der Waals surface area (Å²) in [6, 6.07) is 0.173. The third-order valence-corrected chi connectivity index (χ3v) is 3.66. The van der Waals surface area contributed by atoms with Gasteiger partial charge in [0, 0.05) is 25.5 Å². The first kappa shape index (κ1) is 12.1. The van der Waals surface area contributed by atoms with Crippen LogP contribution in [0, 0.1) is 0 Å². The Bertz CT molecular complexity index is 562. The van der Waals surface area contributed by atoms with E-state index in [0.717, 1.165) is 18.7 Å². The Morgan fingerprint density at radius 1 is 1.63 bits per heavy atom. The number of nitrogens with one attached hydrogen (secondary N) is 1. The van der Waals surface area contributed by atoms with Crippen molar-refractivity contribution in [2.24, 2.45) is 7.05 Å². The van der Waals surface area contributed by atoms with E-state index in [4.69, 9.17) is 0 Å². The normalized spacial score (nSPS) is 14.4. The van der Waals surface area contributed by atoms with E-state index in [1.807, 2.05) is 22.7 Å². The van der Waals surface area contributed by atoms with Crippen LogP contribution in [0.4, 0.5) is 9.93 Å². The van der Waals surface area contributed by atoms with Gasteiger partial charge in [0.05, 0.1) is 6.54 Å². The third kappa shape index (κ3) is 2.73. The second kappa shape index (κ2) is 4.96. The first-order valence-electron chi connectivity index (χ1n) is 6.04. The molecule has 2 amide bonds. The lowest BCUT2D eigenvalue weighted by Crippen LogP contribution is -2.37. The van der Waals surface area contributed by atoms with Gasteiger partial charge < -0.3 is 9.47 Å². The molecule has 2 aromatic heterocycles. The molecule has 0 bridgehead atoms. The van der Waals surface area contributed by atoms with Crippen LogP contribution in [0.25, 0.3) is 0 Å². The smallest absolute Gasteiger partial charge is 0.324 e. The van der Waals surface area contributed by atoms with Gasteiger partial charge >= 0.3 is 6.03 Å². The molecule has 0 spiro atoms. The minimum absolute atomic E-state index is 0.137. The summed E-state index contributed by atoms with van der Waals surface area (Å²) in [4.78, 5) is 18.3. The molecule has 1 aliphatic rings. The number of aromatic nitrogens is 4. The van der Waals surface area contributed by atoms with Gasteiger partial charge in [-0.2, -0.15) is 0 Å². The highest BCUT2D eigenvalue weighted by Gasteiger charge is 2.33. The Morgan fingerprint density at radius 2 is 2.47 bits per heavy atom. The molecule has 1 saturated carbocycles. The van der Waals surface area contributed by atoms with Crippen molar-refractivity contribution in [3.05, 3.63) is 23.7 Å². The number of imidazole rings is 1. The van der Waals surface area contributed by atoms with Crippen LogP contribution in [0.5, 0.6) is 0 Å². The third-order valence-electron chi connectivity index (χ3n) is 3.06. The molecule has 0 atom stereocenters. The number of nitrogens with zero attached hydrogens (tertiary/aromatic N) is 5. The molecule has 1 N–H and O–H groups in total. The van der Waals surface area contributed by atoms with Crippen molar-refractivity contribution in [2.45, 2.75) is 25.4 Å². The number of rotatable bonds is 4. The predicted octanol–water partition coefficient (Wildman–Crippen LogP) is 1.47. The summed E-state index contributed by atoms with van der Waals surface area (Å²) >= 11 is 1.31. The van der Waals surface area contributed by atoms with Gasteiger partial charge in [0.25, 0.3) is 0 Å². The van der Waals surface area contributed by atoms with Gasteiger partial charge in [0.1, 0.15) is 11.3 Å². The zero-order chi connectivity index (χ0) is 13.2. The van der Waals surface area contributed by atoms with Crippen LogP contribution in [0.15, 0.2) is 17.9 Å². The topological polar surface area (TPSA) is 75.9 Å². The number of aryl methyl sites for hydroxylation is 1. The molecule has 19 heavy (non-hydrogen) atoms. The molecular weight excluding hydrogens is 264 g/mol. The maximum Gasteiger partial charge on any atom is 0.324 e. The van der Waals surface area contributed by atoms with Crippen LogP contribution in [-0.4, -0.2) is 36.7 Å².